The van der Waals surface area contributed by atoms with Gasteiger partial charge in [-0.2, -0.15) is 0 Å². The fourth-order valence-electron chi connectivity index (χ4n) is 3.32. The molecule has 138 valence electrons. The third kappa shape index (κ3) is 3.95. The molecule has 1 atom stereocenters. The smallest absolute Gasteiger partial charge is 0.209 e. The quantitative estimate of drug-likeness (QED) is 0.646. The summed E-state index contributed by atoms with van der Waals surface area (Å²) in [6.07, 6.45) is 3.37. The first kappa shape index (κ1) is 17.5. The van der Waals surface area contributed by atoms with Crippen molar-refractivity contribution in [2.45, 2.75) is 38.1 Å². The molecule has 3 aromatic rings. The van der Waals surface area contributed by atoms with Gasteiger partial charge < -0.3 is 9.15 Å². The maximum absolute atomic E-state index is 5.93. The van der Waals surface area contributed by atoms with Crippen molar-refractivity contribution in [3.8, 4) is 0 Å². The van der Waals surface area contributed by atoms with Gasteiger partial charge in [0.05, 0.1) is 11.7 Å². The lowest BCUT2D eigenvalue weighted by Gasteiger charge is -2.19. The summed E-state index contributed by atoms with van der Waals surface area (Å²) < 4.78 is 11.7. The van der Waals surface area contributed by atoms with Gasteiger partial charge in [0, 0.05) is 6.42 Å². The summed E-state index contributed by atoms with van der Waals surface area (Å²) in [6.45, 7) is 4.70. The third-order valence-electron chi connectivity index (χ3n) is 4.88. The molecular formula is C23H24N2O2. The molecule has 4 rings (SSSR count). The molecule has 2 heterocycles. The Morgan fingerprint density at radius 2 is 1.63 bits per heavy atom. The van der Waals surface area contributed by atoms with E-state index in [1.807, 2.05) is 24.3 Å². The minimum absolute atomic E-state index is 0.139. The maximum Gasteiger partial charge on any atom is 0.209 e. The van der Waals surface area contributed by atoms with Gasteiger partial charge in [0.1, 0.15) is 18.3 Å². The van der Waals surface area contributed by atoms with Gasteiger partial charge in [-0.1, -0.05) is 60.7 Å². The first-order valence-electron chi connectivity index (χ1n) is 9.35. The minimum Gasteiger partial charge on any atom is -0.478 e. The number of ether oxygens (including phenoxy) is 1. The van der Waals surface area contributed by atoms with Crippen LogP contribution in [0.5, 0.6) is 0 Å². The number of rotatable bonds is 6. The van der Waals surface area contributed by atoms with Crippen LogP contribution in [-0.2, 0) is 23.0 Å². The number of hydrogen-bond acceptors (Lipinski definition) is 4. The van der Waals surface area contributed by atoms with Crippen LogP contribution in [0.1, 0.15) is 36.6 Å². The lowest BCUT2D eigenvalue weighted by Crippen LogP contribution is -2.29. The summed E-state index contributed by atoms with van der Waals surface area (Å²) in [5.74, 6) is 1.35. The standard InChI is InChI=1S/C23H24N2O2/c1-23(2,21-24-19(15-26-21)13-17-9-5-3-6-10-17)22-25-20(16-27-22)14-18-11-7-4-8-12-18/h3-12,15,20H,13-14,16H2,1-2H3/t20-/m0/s1. The number of oxazole rings is 1. The second-order valence-corrected chi connectivity index (χ2v) is 7.52. The highest BCUT2D eigenvalue weighted by molar-refractivity contribution is 5.87. The van der Waals surface area contributed by atoms with Gasteiger partial charge in [0.15, 0.2) is 5.90 Å². The van der Waals surface area contributed by atoms with E-state index in [1.165, 1.54) is 11.1 Å². The Kier molecular flexibility index (Phi) is 4.80. The van der Waals surface area contributed by atoms with Gasteiger partial charge >= 0.3 is 0 Å². The van der Waals surface area contributed by atoms with Gasteiger partial charge in [-0.3, -0.25) is 0 Å². The molecule has 0 N–H and O–H groups in total. The van der Waals surface area contributed by atoms with Crippen LogP contribution >= 0.6 is 0 Å². The average Bonchev–Trinajstić information content (AvgIpc) is 3.34. The summed E-state index contributed by atoms with van der Waals surface area (Å²) in [6, 6.07) is 20.8. The minimum atomic E-state index is -0.486. The van der Waals surface area contributed by atoms with Gasteiger partial charge in [0.2, 0.25) is 5.89 Å². The van der Waals surface area contributed by atoms with E-state index < -0.39 is 5.41 Å². The molecule has 0 saturated carbocycles. The van der Waals surface area contributed by atoms with E-state index in [-0.39, 0.29) is 6.04 Å². The van der Waals surface area contributed by atoms with Gasteiger partial charge in [-0.05, 0) is 31.4 Å². The molecule has 1 aromatic heterocycles. The molecule has 0 bridgehead atoms. The van der Waals surface area contributed by atoms with E-state index in [4.69, 9.17) is 19.1 Å². The average molecular weight is 360 g/mol. The molecule has 0 radical (unpaired) electrons. The van der Waals surface area contributed by atoms with Crippen molar-refractivity contribution in [3.05, 3.63) is 89.6 Å². The number of nitrogens with zero attached hydrogens (tertiary/aromatic N) is 2. The van der Waals surface area contributed by atoms with Crippen molar-refractivity contribution >= 4 is 5.90 Å². The number of benzene rings is 2. The zero-order chi connectivity index (χ0) is 18.7. The van der Waals surface area contributed by atoms with Crippen LogP contribution in [0.4, 0.5) is 0 Å². The summed E-state index contributed by atoms with van der Waals surface area (Å²) in [5.41, 5.74) is 2.92. The van der Waals surface area contributed by atoms with Crippen LogP contribution in [-0.4, -0.2) is 23.5 Å². The van der Waals surface area contributed by atoms with Crippen LogP contribution in [0.3, 0.4) is 0 Å². The van der Waals surface area contributed by atoms with Crippen LogP contribution in [0.15, 0.2) is 76.3 Å². The Balaban J connectivity index is 1.47. The highest BCUT2D eigenvalue weighted by Gasteiger charge is 2.38. The van der Waals surface area contributed by atoms with E-state index in [0.717, 1.165) is 18.5 Å². The van der Waals surface area contributed by atoms with Gasteiger partial charge in [0.25, 0.3) is 0 Å². The van der Waals surface area contributed by atoms with Gasteiger partial charge in [-0.25, -0.2) is 9.98 Å². The number of hydrogen-bond donors (Lipinski definition) is 0. The molecule has 2 aromatic carbocycles. The monoisotopic (exact) mass is 360 g/mol. The molecule has 0 amide bonds. The molecule has 4 heteroatoms. The Morgan fingerprint density at radius 1 is 0.963 bits per heavy atom. The second kappa shape index (κ2) is 7.39. The molecule has 1 aliphatic heterocycles. The fourth-order valence-corrected chi connectivity index (χ4v) is 3.32. The molecule has 1 aliphatic rings. The Hall–Kier alpha value is -2.88. The van der Waals surface area contributed by atoms with E-state index in [9.17, 15) is 0 Å². The Morgan fingerprint density at radius 3 is 2.33 bits per heavy atom. The van der Waals surface area contributed by atoms with E-state index >= 15 is 0 Å². The lowest BCUT2D eigenvalue weighted by molar-refractivity contribution is 0.283. The molecule has 0 fully saturated rings. The zero-order valence-electron chi connectivity index (χ0n) is 15.8. The third-order valence-corrected chi connectivity index (χ3v) is 4.88. The van der Waals surface area contributed by atoms with Crippen LogP contribution in [0, 0.1) is 0 Å². The highest BCUT2D eigenvalue weighted by Crippen LogP contribution is 2.29. The lowest BCUT2D eigenvalue weighted by atomic mass is 9.93. The highest BCUT2D eigenvalue weighted by atomic mass is 16.5. The molecule has 0 unspecified atom stereocenters. The summed E-state index contributed by atoms with van der Waals surface area (Å²) in [7, 11) is 0. The molecule has 27 heavy (non-hydrogen) atoms. The van der Waals surface area contributed by atoms with Gasteiger partial charge in [-0.15, -0.1) is 0 Å². The normalized spacial score (nSPS) is 16.8. The fraction of sp³-hybridized carbons (Fsp3) is 0.304. The number of aromatic nitrogens is 1. The predicted molar refractivity (Wildman–Crippen MR) is 106 cm³/mol. The maximum atomic E-state index is 5.93. The van der Waals surface area contributed by atoms with Crippen LogP contribution < -0.4 is 0 Å². The van der Waals surface area contributed by atoms with Crippen LogP contribution in [0.2, 0.25) is 0 Å². The van der Waals surface area contributed by atoms with Crippen molar-refractivity contribution in [1.82, 2.24) is 4.98 Å². The van der Waals surface area contributed by atoms with Crippen molar-refractivity contribution < 1.29 is 9.15 Å². The molecule has 0 spiro atoms. The Labute approximate surface area is 159 Å². The van der Waals surface area contributed by atoms with E-state index in [2.05, 4.69) is 50.2 Å². The second-order valence-electron chi connectivity index (χ2n) is 7.52. The molecule has 0 aliphatic carbocycles. The topological polar surface area (TPSA) is 47.6 Å². The van der Waals surface area contributed by atoms with Crippen molar-refractivity contribution in [1.29, 1.82) is 0 Å². The largest absolute Gasteiger partial charge is 0.478 e. The van der Waals surface area contributed by atoms with E-state index in [0.29, 0.717) is 18.4 Å². The zero-order valence-corrected chi connectivity index (χ0v) is 15.8. The summed E-state index contributed by atoms with van der Waals surface area (Å²) in [4.78, 5) is 9.52. The first-order valence-corrected chi connectivity index (χ1v) is 9.35. The molecular weight excluding hydrogens is 336 g/mol. The van der Waals surface area contributed by atoms with E-state index in [1.54, 1.807) is 6.26 Å². The SMILES string of the molecule is CC(C)(C1=N[C@@H](Cc2ccccc2)CO1)c1nc(Cc2ccccc2)co1. The molecule has 0 saturated heterocycles. The van der Waals surface area contributed by atoms with Crippen LogP contribution in [0.25, 0.3) is 0 Å². The summed E-state index contributed by atoms with van der Waals surface area (Å²) in [5, 5.41) is 0. The number of aliphatic imine (C=N–C) groups is 1. The predicted octanol–water partition coefficient (Wildman–Crippen LogP) is 4.58. The molecule has 4 nitrogen and oxygen atoms in total. The first-order chi connectivity index (χ1) is 13.1. The van der Waals surface area contributed by atoms with Crippen molar-refractivity contribution in [2.75, 3.05) is 6.61 Å². The van der Waals surface area contributed by atoms with Crippen molar-refractivity contribution in [3.63, 3.8) is 0 Å². The Bertz CT molecular complexity index is 914. The summed E-state index contributed by atoms with van der Waals surface area (Å²) >= 11 is 0. The van der Waals surface area contributed by atoms with Crippen molar-refractivity contribution in [2.24, 2.45) is 4.99 Å².